The Hall–Kier alpha value is -2.96. The smallest absolute Gasteiger partial charge is 0.291 e. The van der Waals surface area contributed by atoms with Crippen LogP contribution in [0.25, 0.3) is 0 Å². The van der Waals surface area contributed by atoms with Gasteiger partial charge in [0.15, 0.2) is 12.3 Å². The number of likely N-dealkylation sites (tertiary alicyclic amines) is 1. The molecule has 1 unspecified atom stereocenters. The standard InChI is InChI=1S/C20H20FN3O3/c1-13-18(26-12-23-13)20(25)24-8-2-3-15(11-24)19-22-10-17(27-19)9-14-4-6-16(21)7-5-14/h4-7,10,12,15H,2-3,8-9,11H2,1H3. The quantitative estimate of drug-likeness (QED) is 0.701. The summed E-state index contributed by atoms with van der Waals surface area (Å²) in [6.07, 6.45) is 5.34. The SMILES string of the molecule is Cc1ncoc1C(=O)N1CCCC(c2ncc(Cc3ccc(F)cc3)o2)C1. The molecule has 0 saturated carbocycles. The minimum atomic E-state index is -0.258. The molecule has 4 rings (SSSR count). The molecule has 2 aromatic heterocycles. The third kappa shape index (κ3) is 3.77. The average Bonchev–Trinajstić information content (AvgIpc) is 3.32. The second-order valence-corrected chi connectivity index (χ2v) is 6.83. The maximum absolute atomic E-state index is 13.0. The van der Waals surface area contributed by atoms with E-state index >= 15 is 0 Å². The van der Waals surface area contributed by atoms with Crippen molar-refractivity contribution in [2.75, 3.05) is 13.1 Å². The highest BCUT2D eigenvalue weighted by Gasteiger charge is 2.30. The highest BCUT2D eigenvalue weighted by atomic mass is 19.1. The number of aromatic nitrogens is 2. The minimum absolute atomic E-state index is 0.0490. The van der Waals surface area contributed by atoms with Crippen LogP contribution in [0.2, 0.25) is 0 Å². The summed E-state index contributed by atoms with van der Waals surface area (Å²) in [6, 6.07) is 6.34. The molecule has 1 fully saturated rings. The molecule has 1 atom stereocenters. The second-order valence-electron chi connectivity index (χ2n) is 6.83. The summed E-state index contributed by atoms with van der Waals surface area (Å²) in [7, 11) is 0. The van der Waals surface area contributed by atoms with E-state index in [-0.39, 0.29) is 17.6 Å². The third-order valence-electron chi connectivity index (χ3n) is 4.86. The van der Waals surface area contributed by atoms with Crippen molar-refractivity contribution in [2.24, 2.45) is 0 Å². The van der Waals surface area contributed by atoms with Crippen LogP contribution in [-0.2, 0) is 6.42 Å². The number of nitrogens with zero attached hydrogens (tertiary/aromatic N) is 3. The first kappa shape index (κ1) is 17.5. The van der Waals surface area contributed by atoms with Crippen molar-refractivity contribution in [1.82, 2.24) is 14.9 Å². The number of oxazole rings is 2. The molecule has 0 N–H and O–H groups in total. The number of hydrogen-bond donors (Lipinski definition) is 0. The van der Waals surface area contributed by atoms with Crippen molar-refractivity contribution in [3.63, 3.8) is 0 Å². The van der Waals surface area contributed by atoms with Crippen molar-refractivity contribution in [3.05, 3.63) is 71.3 Å². The second kappa shape index (κ2) is 7.34. The van der Waals surface area contributed by atoms with E-state index in [9.17, 15) is 9.18 Å². The van der Waals surface area contributed by atoms with Crippen LogP contribution < -0.4 is 0 Å². The Kier molecular flexibility index (Phi) is 4.75. The fourth-order valence-corrected chi connectivity index (χ4v) is 3.41. The highest BCUT2D eigenvalue weighted by molar-refractivity contribution is 5.92. The van der Waals surface area contributed by atoms with Gasteiger partial charge in [-0.15, -0.1) is 0 Å². The molecule has 3 aromatic rings. The van der Waals surface area contributed by atoms with E-state index in [1.807, 2.05) is 0 Å². The van der Waals surface area contributed by atoms with Crippen molar-refractivity contribution in [3.8, 4) is 0 Å². The number of halogens is 1. The lowest BCUT2D eigenvalue weighted by atomic mass is 9.97. The molecule has 3 heterocycles. The van der Waals surface area contributed by atoms with Gasteiger partial charge in [-0.05, 0) is 37.5 Å². The molecule has 0 aliphatic carbocycles. The van der Waals surface area contributed by atoms with Crippen LogP contribution in [-0.4, -0.2) is 33.9 Å². The molecule has 1 aliphatic rings. The number of carbonyl (C=O) groups excluding carboxylic acids is 1. The van der Waals surface area contributed by atoms with E-state index in [4.69, 9.17) is 8.83 Å². The Bertz CT molecular complexity index is 932. The van der Waals surface area contributed by atoms with Crippen molar-refractivity contribution in [1.29, 1.82) is 0 Å². The zero-order valence-electron chi connectivity index (χ0n) is 15.0. The number of carbonyl (C=O) groups is 1. The summed E-state index contributed by atoms with van der Waals surface area (Å²) in [5.74, 6) is 1.30. The third-order valence-corrected chi connectivity index (χ3v) is 4.86. The Morgan fingerprint density at radius 1 is 1.30 bits per heavy atom. The van der Waals surface area contributed by atoms with Gasteiger partial charge in [0.25, 0.3) is 5.91 Å². The summed E-state index contributed by atoms with van der Waals surface area (Å²) < 4.78 is 24.2. The molecule has 7 heteroatoms. The number of amides is 1. The summed E-state index contributed by atoms with van der Waals surface area (Å²) >= 11 is 0. The zero-order valence-corrected chi connectivity index (χ0v) is 15.0. The number of aryl methyl sites for hydroxylation is 1. The first-order chi connectivity index (χ1) is 13.1. The van der Waals surface area contributed by atoms with Crippen LogP contribution in [0.5, 0.6) is 0 Å². The Morgan fingerprint density at radius 2 is 2.11 bits per heavy atom. The fourth-order valence-electron chi connectivity index (χ4n) is 3.41. The number of rotatable bonds is 4. The van der Waals surface area contributed by atoms with Gasteiger partial charge in [-0.1, -0.05) is 12.1 Å². The molecule has 1 saturated heterocycles. The van der Waals surface area contributed by atoms with Crippen molar-refractivity contribution < 1.29 is 18.0 Å². The Labute approximate surface area is 156 Å². The zero-order chi connectivity index (χ0) is 18.8. The van der Waals surface area contributed by atoms with Gasteiger partial charge in [0.2, 0.25) is 5.76 Å². The molecular weight excluding hydrogens is 349 g/mol. The largest absolute Gasteiger partial charge is 0.445 e. The van der Waals surface area contributed by atoms with Gasteiger partial charge < -0.3 is 13.7 Å². The molecule has 0 bridgehead atoms. The van der Waals surface area contributed by atoms with Crippen molar-refractivity contribution >= 4 is 5.91 Å². The van der Waals surface area contributed by atoms with Crippen LogP contribution >= 0.6 is 0 Å². The molecular formula is C20H20FN3O3. The van der Waals surface area contributed by atoms with Crippen LogP contribution in [0.3, 0.4) is 0 Å². The maximum atomic E-state index is 13.0. The number of hydrogen-bond acceptors (Lipinski definition) is 5. The summed E-state index contributed by atoms with van der Waals surface area (Å²) in [6.45, 7) is 2.97. The lowest BCUT2D eigenvalue weighted by Gasteiger charge is -2.30. The molecule has 0 radical (unpaired) electrons. The highest BCUT2D eigenvalue weighted by Crippen LogP contribution is 2.28. The van der Waals surface area contributed by atoms with Gasteiger partial charge in [0, 0.05) is 19.5 Å². The number of piperidine rings is 1. The van der Waals surface area contributed by atoms with E-state index in [0.29, 0.717) is 36.9 Å². The van der Waals surface area contributed by atoms with E-state index in [2.05, 4.69) is 9.97 Å². The van der Waals surface area contributed by atoms with Crippen LogP contribution in [0.15, 0.2) is 45.7 Å². The topological polar surface area (TPSA) is 72.4 Å². The van der Waals surface area contributed by atoms with Gasteiger partial charge in [0.05, 0.1) is 17.8 Å². The van der Waals surface area contributed by atoms with Crippen LogP contribution in [0.4, 0.5) is 4.39 Å². The van der Waals surface area contributed by atoms with Gasteiger partial charge in [-0.25, -0.2) is 14.4 Å². The molecule has 1 aliphatic heterocycles. The minimum Gasteiger partial charge on any atom is -0.445 e. The molecule has 27 heavy (non-hydrogen) atoms. The monoisotopic (exact) mass is 369 g/mol. The molecule has 1 amide bonds. The molecule has 0 spiro atoms. The fraction of sp³-hybridized carbons (Fsp3) is 0.350. The summed E-state index contributed by atoms with van der Waals surface area (Å²) in [4.78, 5) is 22.8. The van der Waals surface area contributed by atoms with E-state index in [0.717, 1.165) is 24.2 Å². The molecule has 6 nitrogen and oxygen atoms in total. The van der Waals surface area contributed by atoms with E-state index < -0.39 is 0 Å². The Morgan fingerprint density at radius 3 is 2.85 bits per heavy atom. The van der Waals surface area contributed by atoms with Gasteiger partial charge in [-0.2, -0.15) is 0 Å². The van der Waals surface area contributed by atoms with Gasteiger partial charge >= 0.3 is 0 Å². The summed E-state index contributed by atoms with van der Waals surface area (Å²) in [5, 5.41) is 0. The van der Waals surface area contributed by atoms with Gasteiger partial charge in [-0.3, -0.25) is 4.79 Å². The van der Waals surface area contributed by atoms with Crippen LogP contribution in [0.1, 0.15) is 52.2 Å². The maximum Gasteiger partial charge on any atom is 0.291 e. The first-order valence-electron chi connectivity index (χ1n) is 8.98. The predicted molar refractivity (Wildman–Crippen MR) is 94.8 cm³/mol. The van der Waals surface area contributed by atoms with Crippen LogP contribution in [0, 0.1) is 12.7 Å². The van der Waals surface area contributed by atoms with Gasteiger partial charge in [0.1, 0.15) is 11.6 Å². The molecule has 140 valence electrons. The van der Waals surface area contributed by atoms with E-state index in [1.165, 1.54) is 18.5 Å². The lowest BCUT2D eigenvalue weighted by Crippen LogP contribution is -2.39. The van der Waals surface area contributed by atoms with Crippen molar-refractivity contribution in [2.45, 2.75) is 32.1 Å². The lowest BCUT2D eigenvalue weighted by molar-refractivity contribution is 0.0664. The Balaban J connectivity index is 1.44. The van der Waals surface area contributed by atoms with E-state index in [1.54, 1.807) is 30.2 Å². The summed E-state index contributed by atoms with van der Waals surface area (Å²) in [5.41, 5.74) is 1.56. The number of benzene rings is 1. The first-order valence-corrected chi connectivity index (χ1v) is 8.98. The average molecular weight is 369 g/mol. The predicted octanol–water partition coefficient (Wildman–Crippen LogP) is 3.72. The normalized spacial score (nSPS) is 17.3. The molecule has 1 aromatic carbocycles.